The van der Waals surface area contributed by atoms with E-state index in [0.29, 0.717) is 5.75 Å². The van der Waals surface area contributed by atoms with Gasteiger partial charge < -0.3 is 10.2 Å². The van der Waals surface area contributed by atoms with Gasteiger partial charge in [-0.05, 0) is 30.2 Å². The molecule has 0 fully saturated rings. The van der Waals surface area contributed by atoms with Crippen molar-refractivity contribution in [3.8, 4) is 11.5 Å². The molecule has 0 radical (unpaired) electrons. The number of hydrogen-bond acceptors (Lipinski definition) is 2. The fourth-order valence-electron chi connectivity index (χ4n) is 2.12. The molecule has 0 saturated carbocycles. The predicted molar refractivity (Wildman–Crippen MR) is 68.3 cm³/mol. The van der Waals surface area contributed by atoms with Crippen LogP contribution in [0.3, 0.4) is 0 Å². The van der Waals surface area contributed by atoms with Gasteiger partial charge >= 0.3 is 0 Å². The van der Waals surface area contributed by atoms with Crippen LogP contribution in [0.2, 0.25) is 0 Å². The van der Waals surface area contributed by atoms with Crippen molar-refractivity contribution in [2.24, 2.45) is 0 Å². The van der Waals surface area contributed by atoms with E-state index in [1.165, 1.54) is 0 Å². The number of phenolic OH excluding ortho intramolecular Hbond substituents is 2. The van der Waals surface area contributed by atoms with Gasteiger partial charge in [-0.3, -0.25) is 0 Å². The second-order valence-electron chi connectivity index (χ2n) is 4.11. The molecule has 0 bridgehead atoms. The third kappa shape index (κ3) is 2.41. The molecule has 2 aromatic rings. The lowest BCUT2D eigenvalue weighted by molar-refractivity contribution is 0.463. The summed E-state index contributed by atoms with van der Waals surface area (Å²) in [7, 11) is 0. The zero-order valence-electron chi connectivity index (χ0n) is 9.80. The van der Waals surface area contributed by atoms with Gasteiger partial charge in [0.25, 0.3) is 0 Å². The van der Waals surface area contributed by atoms with Gasteiger partial charge in [-0.25, -0.2) is 0 Å². The van der Waals surface area contributed by atoms with Crippen LogP contribution in [0.5, 0.6) is 11.5 Å². The summed E-state index contributed by atoms with van der Waals surface area (Å²) >= 11 is 0. The molecule has 1 atom stereocenters. The highest BCUT2D eigenvalue weighted by molar-refractivity contribution is 5.42. The zero-order chi connectivity index (χ0) is 12.3. The first kappa shape index (κ1) is 11.5. The molecule has 17 heavy (non-hydrogen) atoms. The van der Waals surface area contributed by atoms with E-state index in [-0.39, 0.29) is 11.7 Å². The van der Waals surface area contributed by atoms with Gasteiger partial charge in [0.2, 0.25) is 0 Å². The smallest absolute Gasteiger partial charge is 0.119 e. The SMILES string of the molecule is CCC(c1ccc(O)cc1)c1ccccc1O. The first-order valence-corrected chi connectivity index (χ1v) is 5.79. The zero-order valence-corrected chi connectivity index (χ0v) is 9.80. The summed E-state index contributed by atoms with van der Waals surface area (Å²) in [4.78, 5) is 0. The van der Waals surface area contributed by atoms with Crippen molar-refractivity contribution < 1.29 is 10.2 Å². The molecule has 0 heterocycles. The summed E-state index contributed by atoms with van der Waals surface area (Å²) in [5.74, 6) is 0.755. The van der Waals surface area contributed by atoms with Crippen molar-refractivity contribution in [1.82, 2.24) is 0 Å². The van der Waals surface area contributed by atoms with Crippen molar-refractivity contribution in [2.75, 3.05) is 0 Å². The van der Waals surface area contributed by atoms with Gasteiger partial charge in [0.15, 0.2) is 0 Å². The molecule has 0 aliphatic carbocycles. The summed E-state index contributed by atoms with van der Waals surface area (Å²) in [6.07, 6.45) is 0.905. The number of phenols is 2. The molecule has 1 unspecified atom stereocenters. The Labute approximate surface area is 101 Å². The van der Waals surface area contributed by atoms with Crippen LogP contribution in [-0.2, 0) is 0 Å². The summed E-state index contributed by atoms with van der Waals surface area (Å²) < 4.78 is 0. The average molecular weight is 228 g/mol. The Balaban J connectivity index is 2.40. The third-order valence-corrected chi connectivity index (χ3v) is 3.02. The topological polar surface area (TPSA) is 40.5 Å². The van der Waals surface area contributed by atoms with Crippen molar-refractivity contribution >= 4 is 0 Å². The van der Waals surface area contributed by atoms with Gasteiger partial charge in [0, 0.05) is 11.5 Å². The second-order valence-corrected chi connectivity index (χ2v) is 4.11. The molecule has 2 heteroatoms. The van der Waals surface area contributed by atoms with E-state index in [1.54, 1.807) is 18.2 Å². The predicted octanol–water partition coefficient (Wildman–Crippen LogP) is 3.64. The first-order chi connectivity index (χ1) is 8.22. The average Bonchev–Trinajstić information content (AvgIpc) is 2.35. The molecule has 88 valence electrons. The highest BCUT2D eigenvalue weighted by Gasteiger charge is 2.15. The van der Waals surface area contributed by atoms with Gasteiger partial charge in [-0.1, -0.05) is 37.3 Å². The van der Waals surface area contributed by atoms with Crippen molar-refractivity contribution in [1.29, 1.82) is 0 Å². The Morgan fingerprint density at radius 2 is 1.59 bits per heavy atom. The van der Waals surface area contributed by atoms with Crippen molar-refractivity contribution in [3.05, 3.63) is 59.7 Å². The van der Waals surface area contributed by atoms with Gasteiger partial charge in [0.05, 0.1) is 0 Å². The van der Waals surface area contributed by atoms with Crippen LogP contribution in [0.25, 0.3) is 0 Å². The lowest BCUT2D eigenvalue weighted by atomic mass is 9.88. The van der Waals surface area contributed by atoms with Crippen LogP contribution in [0.1, 0.15) is 30.4 Å². The molecule has 0 amide bonds. The molecule has 0 aliphatic rings. The molecule has 0 aliphatic heterocycles. The second kappa shape index (κ2) is 4.91. The summed E-state index contributed by atoms with van der Waals surface area (Å²) in [5.41, 5.74) is 2.03. The lowest BCUT2D eigenvalue weighted by Crippen LogP contribution is -1.99. The Morgan fingerprint density at radius 3 is 2.18 bits per heavy atom. The number of para-hydroxylation sites is 1. The Morgan fingerprint density at radius 1 is 0.941 bits per heavy atom. The molecule has 2 N–H and O–H groups in total. The number of rotatable bonds is 3. The first-order valence-electron chi connectivity index (χ1n) is 5.79. The maximum atomic E-state index is 9.88. The standard InChI is InChI=1S/C15H16O2/c1-2-13(11-7-9-12(16)10-8-11)14-5-3-4-6-15(14)17/h3-10,13,16-17H,2H2,1H3. The molecule has 0 spiro atoms. The summed E-state index contributed by atoms with van der Waals surface area (Å²) in [6, 6.07) is 14.6. The van der Waals surface area contributed by atoms with Gasteiger partial charge in [-0.2, -0.15) is 0 Å². The van der Waals surface area contributed by atoms with Crippen LogP contribution in [0.4, 0.5) is 0 Å². The van der Waals surface area contributed by atoms with Crippen LogP contribution in [-0.4, -0.2) is 10.2 Å². The van der Waals surface area contributed by atoms with Crippen LogP contribution < -0.4 is 0 Å². The Bertz CT molecular complexity index is 489. The quantitative estimate of drug-likeness (QED) is 0.842. The van der Waals surface area contributed by atoms with E-state index in [9.17, 15) is 10.2 Å². The fraction of sp³-hybridized carbons (Fsp3) is 0.200. The highest BCUT2D eigenvalue weighted by Crippen LogP contribution is 2.33. The van der Waals surface area contributed by atoms with Crippen molar-refractivity contribution in [2.45, 2.75) is 19.3 Å². The van der Waals surface area contributed by atoms with E-state index in [4.69, 9.17) is 0 Å². The fourth-order valence-corrected chi connectivity index (χ4v) is 2.12. The Kier molecular flexibility index (Phi) is 3.33. The molecule has 2 nitrogen and oxygen atoms in total. The van der Waals surface area contributed by atoms with Crippen LogP contribution in [0, 0.1) is 0 Å². The molecule has 0 saturated heterocycles. The maximum Gasteiger partial charge on any atom is 0.119 e. The maximum absolute atomic E-state index is 9.88. The Hall–Kier alpha value is -1.96. The number of benzene rings is 2. The minimum atomic E-state index is 0.164. The third-order valence-electron chi connectivity index (χ3n) is 3.02. The monoisotopic (exact) mass is 228 g/mol. The van der Waals surface area contributed by atoms with E-state index < -0.39 is 0 Å². The summed E-state index contributed by atoms with van der Waals surface area (Å²) in [5, 5.41) is 19.2. The highest BCUT2D eigenvalue weighted by atomic mass is 16.3. The minimum absolute atomic E-state index is 0.164. The number of hydrogen-bond donors (Lipinski definition) is 2. The largest absolute Gasteiger partial charge is 0.508 e. The minimum Gasteiger partial charge on any atom is -0.508 e. The van der Waals surface area contributed by atoms with E-state index >= 15 is 0 Å². The molecule has 0 aromatic heterocycles. The lowest BCUT2D eigenvalue weighted by Gasteiger charge is -2.17. The van der Waals surface area contributed by atoms with Gasteiger partial charge in [-0.15, -0.1) is 0 Å². The molecular weight excluding hydrogens is 212 g/mol. The normalized spacial score (nSPS) is 12.3. The molecule has 2 aromatic carbocycles. The van der Waals surface area contributed by atoms with Crippen LogP contribution in [0.15, 0.2) is 48.5 Å². The van der Waals surface area contributed by atoms with E-state index in [0.717, 1.165) is 17.5 Å². The van der Waals surface area contributed by atoms with Crippen molar-refractivity contribution in [3.63, 3.8) is 0 Å². The van der Waals surface area contributed by atoms with E-state index in [2.05, 4.69) is 6.92 Å². The van der Waals surface area contributed by atoms with Gasteiger partial charge in [0.1, 0.15) is 11.5 Å². The molecule has 2 rings (SSSR count). The van der Waals surface area contributed by atoms with E-state index in [1.807, 2.05) is 30.3 Å². The molecular formula is C15H16O2. The van der Waals surface area contributed by atoms with Crippen LogP contribution >= 0.6 is 0 Å². The number of aromatic hydroxyl groups is 2. The summed E-state index contributed by atoms with van der Waals surface area (Å²) in [6.45, 7) is 2.09.